The first-order chi connectivity index (χ1) is 11.5. The quantitative estimate of drug-likeness (QED) is 0.849. The van der Waals surface area contributed by atoms with Crippen molar-refractivity contribution in [3.8, 4) is 0 Å². The summed E-state index contributed by atoms with van der Waals surface area (Å²) >= 11 is 0. The molecule has 2 N–H and O–H groups in total. The van der Waals surface area contributed by atoms with Crippen LogP contribution in [0.25, 0.3) is 0 Å². The van der Waals surface area contributed by atoms with Crippen molar-refractivity contribution in [2.45, 2.75) is 33.2 Å². The highest BCUT2D eigenvalue weighted by molar-refractivity contribution is 6.01. The molecule has 0 radical (unpaired) electrons. The first-order valence-electron chi connectivity index (χ1n) is 8.19. The van der Waals surface area contributed by atoms with Crippen LogP contribution in [0.5, 0.6) is 0 Å². The van der Waals surface area contributed by atoms with Crippen LogP contribution in [0.1, 0.15) is 36.2 Å². The highest BCUT2D eigenvalue weighted by atomic mass is 16.2. The normalized spacial score (nSPS) is 11.8. The van der Waals surface area contributed by atoms with Crippen LogP contribution in [0.15, 0.2) is 54.6 Å². The number of carbonyl (C=O) groups excluding carboxylic acids is 2. The predicted octanol–water partition coefficient (Wildman–Crippen LogP) is 3.78. The van der Waals surface area contributed by atoms with Gasteiger partial charge >= 0.3 is 0 Å². The number of carbonyl (C=O) groups is 2. The minimum absolute atomic E-state index is 0.197. The second-order valence-electron chi connectivity index (χ2n) is 6.33. The van der Waals surface area contributed by atoms with Gasteiger partial charge in [-0.3, -0.25) is 9.59 Å². The van der Waals surface area contributed by atoms with E-state index in [1.54, 1.807) is 6.07 Å². The van der Waals surface area contributed by atoms with Crippen molar-refractivity contribution in [3.05, 3.63) is 65.7 Å². The Morgan fingerprint density at radius 1 is 0.958 bits per heavy atom. The van der Waals surface area contributed by atoms with Crippen LogP contribution in [-0.2, 0) is 4.79 Å². The Hall–Kier alpha value is -2.62. The Bertz CT molecular complexity index is 696. The van der Waals surface area contributed by atoms with Gasteiger partial charge < -0.3 is 10.6 Å². The summed E-state index contributed by atoms with van der Waals surface area (Å²) in [5, 5.41) is 5.74. The minimum atomic E-state index is -0.572. The highest BCUT2D eigenvalue weighted by Crippen LogP contribution is 2.12. The molecule has 1 atom stereocenters. The molecule has 1 unspecified atom stereocenters. The third kappa shape index (κ3) is 4.95. The zero-order valence-corrected chi connectivity index (χ0v) is 14.4. The average Bonchev–Trinajstić information content (AvgIpc) is 2.55. The Balaban J connectivity index is 2.11. The van der Waals surface area contributed by atoms with Crippen LogP contribution in [0.2, 0.25) is 0 Å². The second kappa shape index (κ2) is 8.29. The molecular formula is C20H24N2O2. The molecule has 2 amide bonds. The molecule has 0 fully saturated rings. The molecule has 0 saturated carbocycles. The van der Waals surface area contributed by atoms with E-state index in [9.17, 15) is 9.59 Å². The molecule has 0 spiro atoms. The maximum absolute atomic E-state index is 12.6. The van der Waals surface area contributed by atoms with Gasteiger partial charge in [0.05, 0.1) is 0 Å². The first kappa shape index (κ1) is 17.7. The van der Waals surface area contributed by atoms with E-state index < -0.39 is 6.04 Å². The monoisotopic (exact) mass is 324 g/mol. The molecule has 24 heavy (non-hydrogen) atoms. The molecule has 2 aromatic carbocycles. The summed E-state index contributed by atoms with van der Waals surface area (Å²) in [5.74, 6) is -0.132. The number of anilines is 1. The van der Waals surface area contributed by atoms with Gasteiger partial charge in [0.25, 0.3) is 5.91 Å². The van der Waals surface area contributed by atoms with Crippen LogP contribution >= 0.6 is 0 Å². The number of para-hydroxylation sites is 1. The van der Waals surface area contributed by atoms with Crippen molar-refractivity contribution in [2.24, 2.45) is 5.92 Å². The van der Waals surface area contributed by atoms with E-state index in [2.05, 4.69) is 10.6 Å². The Labute approximate surface area is 143 Å². The molecule has 0 aromatic heterocycles. The molecule has 4 heteroatoms. The van der Waals surface area contributed by atoms with Gasteiger partial charge in [-0.05, 0) is 43.0 Å². The lowest BCUT2D eigenvalue weighted by molar-refractivity contribution is -0.118. The van der Waals surface area contributed by atoms with E-state index >= 15 is 0 Å². The summed E-state index contributed by atoms with van der Waals surface area (Å²) in [5.41, 5.74) is 2.21. The van der Waals surface area contributed by atoms with Crippen molar-refractivity contribution in [3.63, 3.8) is 0 Å². The summed E-state index contributed by atoms with van der Waals surface area (Å²) < 4.78 is 0. The molecule has 0 bridgehead atoms. The lowest BCUT2D eigenvalue weighted by Crippen LogP contribution is -2.44. The largest absolute Gasteiger partial charge is 0.340 e. The SMILES string of the molecule is Cc1ccccc1C(=O)NC(CC(C)C)C(=O)Nc1ccccc1. The summed E-state index contributed by atoms with van der Waals surface area (Å²) in [6.07, 6.45) is 0.580. The van der Waals surface area contributed by atoms with Gasteiger partial charge in [0.1, 0.15) is 6.04 Å². The maximum atomic E-state index is 12.6. The smallest absolute Gasteiger partial charge is 0.252 e. The van der Waals surface area contributed by atoms with Gasteiger partial charge in [-0.2, -0.15) is 0 Å². The average molecular weight is 324 g/mol. The Morgan fingerprint density at radius 3 is 2.21 bits per heavy atom. The van der Waals surface area contributed by atoms with E-state index in [0.717, 1.165) is 11.3 Å². The molecule has 0 aliphatic heterocycles. The number of hydrogen-bond acceptors (Lipinski definition) is 2. The van der Waals surface area contributed by atoms with E-state index in [-0.39, 0.29) is 17.7 Å². The van der Waals surface area contributed by atoms with E-state index in [0.29, 0.717) is 12.0 Å². The van der Waals surface area contributed by atoms with Crippen molar-refractivity contribution in [1.82, 2.24) is 5.32 Å². The van der Waals surface area contributed by atoms with Crippen LogP contribution in [0.4, 0.5) is 5.69 Å². The molecule has 2 rings (SSSR count). The number of aryl methyl sites for hydroxylation is 1. The number of hydrogen-bond donors (Lipinski definition) is 2. The Morgan fingerprint density at radius 2 is 1.58 bits per heavy atom. The van der Waals surface area contributed by atoms with Gasteiger partial charge in [0.2, 0.25) is 5.91 Å². The lowest BCUT2D eigenvalue weighted by atomic mass is 10.0. The van der Waals surface area contributed by atoms with Gasteiger partial charge in [-0.25, -0.2) is 0 Å². The van der Waals surface area contributed by atoms with Crippen molar-refractivity contribution < 1.29 is 9.59 Å². The molecule has 4 nitrogen and oxygen atoms in total. The number of nitrogens with one attached hydrogen (secondary N) is 2. The molecule has 0 aliphatic rings. The van der Waals surface area contributed by atoms with Gasteiger partial charge in [-0.1, -0.05) is 50.2 Å². The van der Waals surface area contributed by atoms with Crippen molar-refractivity contribution >= 4 is 17.5 Å². The molecule has 126 valence electrons. The fourth-order valence-corrected chi connectivity index (χ4v) is 2.52. The fourth-order valence-electron chi connectivity index (χ4n) is 2.52. The summed E-state index contributed by atoms with van der Waals surface area (Å²) in [7, 11) is 0. The van der Waals surface area contributed by atoms with Crippen LogP contribution in [0, 0.1) is 12.8 Å². The fraction of sp³-hybridized carbons (Fsp3) is 0.300. The zero-order valence-electron chi connectivity index (χ0n) is 14.4. The van der Waals surface area contributed by atoms with Gasteiger partial charge in [-0.15, -0.1) is 0 Å². The zero-order chi connectivity index (χ0) is 17.5. The summed E-state index contributed by atoms with van der Waals surface area (Å²) in [6, 6.07) is 16.1. The first-order valence-corrected chi connectivity index (χ1v) is 8.19. The van der Waals surface area contributed by atoms with Crippen molar-refractivity contribution in [2.75, 3.05) is 5.32 Å². The summed E-state index contributed by atoms with van der Waals surface area (Å²) in [4.78, 5) is 25.1. The predicted molar refractivity (Wildman–Crippen MR) is 97.0 cm³/mol. The molecule has 2 aromatic rings. The Kier molecular flexibility index (Phi) is 6.13. The minimum Gasteiger partial charge on any atom is -0.340 e. The maximum Gasteiger partial charge on any atom is 0.252 e. The number of rotatable bonds is 6. The molecule has 0 heterocycles. The second-order valence-corrected chi connectivity index (χ2v) is 6.33. The van der Waals surface area contributed by atoms with Crippen molar-refractivity contribution in [1.29, 1.82) is 0 Å². The van der Waals surface area contributed by atoms with Crippen LogP contribution < -0.4 is 10.6 Å². The third-order valence-electron chi connectivity index (χ3n) is 3.76. The van der Waals surface area contributed by atoms with E-state index in [1.807, 2.05) is 69.3 Å². The number of amides is 2. The van der Waals surface area contributed by atoms with E-state index in [4.69, 9.17) is 0 Å². The highest BCUT2D eigenvalue weighted by Gasteiger charge is 2.23. The number of benzene rings is 2. The van der Waals surface area contributed by atoms with Gasteiger partial charge in [0.15, 0.2) is 0 Å². The van der Waals surface area contributed by atoms with Gasteiger partial charge in [0, 0.05) is 11.3 Å². The lowest BCUT2D eigenvalue weighted by Gasteiger charge is -2.20. The molecule has 0 aliphatic carbocycles. The van der Waals surface area contributed by atoms with E-state index in [1.165, 1.54) is 0 Å². The standard InChI is InChI=1S/C20H24N2O2/c1-14(2)13-18(20(24)21-16-10-5-4-6-11-16)22-19(23)17-12-8-7-9-15(17)3/h4-12,14,18H,13H2,1-3H3,(H,21,24)(H,22,23). The van der Waals surface area contributed by atoms with Crippen LogP contribution in [-0.4, -0.2) is 17.9 Å². The topological polar surface area (TPSA) is 58.2 Å². The summed E-state index contributed by atoms with van der Waals surface area (Å²) in [6.45, 7) is 5.95. The third-order valence-corrected chi connectivity index (χ3v) is 3.76. The molecular weight excluding hydrogens is 300 g/mol. The van der Waals surface area contributed by atoms with Crippen LogP contribution in [0.3, 0.4) is 0 Å². The molecule has 0 saturated heterocycles.